The van der Waals surface area contributed by atoms with E-state index in [2.05, 4.69) is 11.9 Å². The average Bonchev–Trinajstić information content (AvgIpc) is 3.19. The zero-order chi connectivity index (χ0) is 23.7. The smallest absolute Gasteiger partial charge is 0.260 e. The van der Waals surface area contributed by atoms with Gasteiger partial charge in [0.25, 0.3) is 5.56 Å². The number of H-pyrrole nitrogens is 1. The highest BCUT2D eigenvalue weighted by molar-refractivity contribution is 7.18. The summed E-state index contributed by atoms with van der Waals surface area (Å²) in [6, 6.07) is 13.3. The summed E-state index contributed by atoms with van der Waals surface area (Å²) >= 11 is 7.72. The summed E-state index contributed by atoms with van der Waals surface area (Å²) in [5, 5.41) is 1.52. The number of fused-ring (bicyclic) bond motifs is 3. The van der Waals surface area contributed by atoms with Gasteiger partial charge in [0.2, 0.25) is 0 Å². The highest BCUT2D eigenvalue weighted by Gasteiger charge is 2.23. The molecule has 1 atom stereocenters. The molecule has 0 unspecified atom stereocenters. The number of nitrogens with zero attached hydrogens (tertiary/aromatic N) is 1. The van der Waals surface area contributed by atoms with Gasteiger partial charge in [0, 0.05) is 21.9 Å². The summed E-state index contributed by atoms with van der Waals surface area (Å²) in [6.07, 6.45) is 3.91. The number of rotatable bonds is 7. The lowest BCUT2D eigenvalue weighted by molar-refractivity contribution is 0.247. The van der Waals surface area contributed by atoms with E-state index in [0.29, 0.717) is 25.0 Å². The zero-order valence-electron chi connectivity index (χ0n) is 19.3. The van der Waals surface area contributed by atoms with Gasteiger partial charge in [-0.25, -0.2) is 4.98 Å². The van der Waals surface area contributed by atoms with Crippen LogP contribution in [-0.4, -0.2) is 23.2 Å². The number of halogens is 1. The van der Waals surface area contributed by atoms with Crippen LogP contribution in [0, 0.1) is 12.8 Å². The second kappa shape index (κ2) is 9.80. The molecule has 2 aromatic carbocycles. The first-order valence-electron chi connectivity index (χ1n) is 11.6. The Morgan fingerprint density at radius 2 is 1.85 bits per heavy atom. The summed E-state index contributed by atoms with van der Waals surface area (Å²) in [5.41, 5.74) is 3.03. The van der Waals surface area contributed by atoms with E-state index in [0.717, 1.165) is 63.5 Å². The van der Waals surface area contributed by atoms with Gasteiger partial charge in [-0.3, -0.25) is 4.79 Å². The van der Waals surface area contributed by atoms with Crippen LogP contribution in [0.3, 0.4) is 0 Å². The zero-order valence-corrected chi connectivity index (χ0v) is 20.9. The predicted octanol–water partition coefficient (Wildman–Crippen LogP) is 6.59. The Labute approximate surface area is 207 Å². The van der Waals surface area contributed by atoms with Crippen molar-refractivity contribution >= 4 is 33.2 Å². The van der Waals surface area contributed by atoms with E-state index in [1.807, 2.05) is 49.4 Å². The van der Waals surface area contributed by atoms with E-state index in [4.69, 9.17) is 26.1 Å². The maximum atomic E-state index is 12.9. The number of hydrogen-bond donors (Lipinski definition) is 1. The van der Waals surface area contributed by atoms with E-state index in [9.17, 15) is 4.79 Å². The van der Waals surface area contributed by atoms with Crippen LogP contribution in [-0.2, 0) is 12.8 Å². The molecule has 0 amide bonds. The first-order valence-corrected chi connectivity index (χ1v) is 12.8. The van der Waals surface area contributed by atoms with Gasteiger partial charge < -0.3 is 14.5 Å². The lowest BCUT2D eigenvalue weighted by atomic mass is 9.89. The number of aromatic amines is 1. The molecule has 0 saturated heterocycles. The Bertz CT molecular complexity index is 1380. The van der Waals surface area contributed by atoms with E-state index in [1.165, 1.54) is 10.4 Å². The van der Waals surface area contributed by atoms with Crippen molar-refractivity contribution in [1.29, 1.82) is 0 Å². The van der Waals surface area contributed by atoms with Gasteiger partial charge in [0.1, 0.15) is 22.2 Å². The maximum Gasteiger partial charge on any atom is 0.260 e. The van der Waals surface area contributed by atoms with Crippen molar-refractivity contribution in [3.05, 3.63) is 73.8 Å². The first kappa shape index (κ1) is 22.9. The van der Waals surface area contributed by atoms with Crippen LogP contribution in [0.5, 0.6) is 11.5 Å². The standard InChI is InChI=1S/C27H27ClN2O3S/c1-16-4-10-21-23(14-16)34-27-24(21)26(31)29-25(30-27)18-5-7-19(8-6-18)32-12-3-13-33-20-9-11-22(28)17(2)15-20/h5-9,11,15-16H,3-4,10,12-14H2,1-2H3,(H,29,30,31)/t16-/m0/s1. The monoisotopic (exact) mass is 494 g/mol. The Morgan fingerprint density at radius 1 is 1.12 bits per heavy atom. The van der Waals surface area contributed by atoms with Crippen molar-refractivity contribution in [2.24, 2.45) is 5.92 Å². The molecule has 0 radical (unpaired) electrons. The summed E-state index contributed by atoms with van der Waals surface area (Å²) in [6.45, 7) is 5.34. The molecular weight excluding hydrogens is 468 g/mol. The number of thiophene rings is 1. The van der Waals surface area contributed by atoms with Crippen molar-refractivity contribution in [3.8, 4) is 22.9 Å². The Kier molecular flexibility index (Phi) is 6.61. The lowest BCUT2D eigenvalue weighted by Gasteiger charge is -2.17. The molecule has 0 saturated carbocycles. The molecule has 1 N–H and O–H groups in total. The Balaban J connectivity index is 1.20. The fourth-order valence-electron chi connectivity index (χ4n) is 4.34. The molecule has 0 fully saturated rings. The normalized spacial score (nSPS) is 15.3. The SMILES string of the molecule is Cc1cc(OCCCOc2ccc(-c3nc4sc5c(c4c(=O)[nH]3)CC[C@H](C)C5)cc2)ccc1Cl. The van der Waals surface area contributed by atoms with Crippen molar-refractivity contribution in [1.82, 2.24) is 9.97 Å². The fourth-order valence-corrected chi connectivity index (χ4v) is 5.84. The minimum absolute atomic E-state index is 0.0386. The number of hydrogen-bond acceptors (Lipinski definition) is 5. The summed E-state index contributed by atoms with van der Waals surface area (Å²) < 4.78 is 11.6. The van der Waals surface area contributed by atoms with Crippen LogP contribution < -0.4 is 15.0 Å². The summed E-state index contributed by atoms with van der Waals surface area (Å²) in [4.78, 5) is 22.8. The third kappa shape index (κ3) is 4.84. The van der Waals surface area contributed by atoms with Crippen molar-refractivity contribution < 1.29 is 9.47 Å². The molecule has 1 aliphatic rings. The van der Waals surface area contributed by atoms with E-state index in [1.54, 1.807) is 11.3 Å². The molecule has 5 rings (SSSR count). The molecule has 4 aromatic rings. The average molecular weight is 495 g/mol. The van der Waals surface area contributed by atoms with Crippen LogP contribution in [0.2, 0.25) is 5.02 Å². The van der Waals surface area contributed by atoms with Gasteiger partial charge in [-0.1, -0.05) is 18.5 Å². The second-order valence-electron chi connectivity index (χ2n) is 8.93. The quantitative estimate of drug-likeness (QED) is 0.294. The van der Waals surface area contributed by atoms with Crippen molar-refractivity contribution in [2.45, 2.75) is 39.5 Å². The minimum Gasteiger partial charge on any atom is -0.493 e. The third-order valence-corrected chi connectivity index (χ3v) is 7.82. The summed E-state index contributed by atoms with van der Waals surface area (Å²) in [5.74, 6) is 2.85. The minimum atomic E-state index is -0.0386. The largest absolute Gasteiger partial charge is 0.493 e. The van der Waals surface area contributed by atoms with Crippen LogP contribution in [0.1, 0.15) is 35.8 Å². The molecule has 0 bridgehead atoms. The van der Waals surface area contributed by atoms with Gasteiger partial charge in [0.15, 0.2) is 0 Å². The van der Waals surface area contributed by atoms with E-state index in [-0.39, 0.29) is 5.56 Å². The predicted molar refractivity (Wildman–Crippen MR) is 139 cm³/mol. The van der Waals surface area contributed by atoms with Crippen LogP contribution >= 0.6 is 22.9 Å². The molecule has 2 heterocycles. The fraction of sp³-hybridized carbons (Fsp3) is 0.333. The maximum absolute atomic E-state index is 12.9. The Morgan fingerprint density at radius 3 is 2.62 bits per heavy atom. The lowest BCUT2D eigenvalue weighted by Crippen LogP contribution is -2.13. The molecule has 7 heteroatoms. The molecule has 0 spiro atoms. The molecular formula is C27H27ClN2O3S. The topological polar surface area (TPSA) is 64.2 Å². The van der Waals surface area contributed by atoms with Crippen LogP contribution in [0.4, 0.5) is 0 Å². The van der Waals surface area contributed by atoms with Gasteiger partial charge in [-0.15, -0.1) is 11.3 Å². The molecule has 2 aromatic heterocycles. The first-order chi connectivity index (χ1) is 16.5. The molecule has 0 aliphatic heterocycles. The van der Waals surface area contributed by atoms with Crippen molar-refractivity contribution in [3.63, 3.8) is 0 Å². The molecule has 5 nitrogen and oxygen atoms in total. The summed E-state index contributed by atoms with van der Waals surface area (Å²) in [7, 11) is 0. The number of nitrogens with one attached hydrogen (secondary N) is 1. The van der Waals surface area contributed by atoms with E-state index >= 15 is 0 Å². The van der Waals surface area contributed by atoms with Gasteiger partial charge in [0.05, 0.1) is 18.6 Å². The highest BCUT2D eigenvalue weighted by atomic mass is 35.5. The molecule has 1 aliphatic carbocycles. The van der Waals surface area contributed by atoms with E-state index < -0.39 is 0 Å². The highest BCUT2D eigenvalue weighted by Crippen LogP contribution is 2.36. The molecule has 34 heavy (non-hydrogen) atoms. The Hall–Kier alpha value is -2.83. The number of benzene rings is 2. The second-order valence-corrected chi connectivity index (χ2v) is 10.4. The molecule has 176 valence electrons. The number of aromatic nitrogens is 2. The van der Waals surface area contributed by atoms with Gasteiger partial charge in [-0.05, 0) is 85.7 Å². The van der Waals surface area contributed by atoms with Gasteiger partial charge in [-0.2, -0.15) is 0 Å². The van der Waals surface area contributed by atoms with Crippen molar-refractivity contribution in [2.75, 3.05) is 13.2 Å². The number of aryl methyl sites for hydroxylation is 2. The van der Waals surface area contributed by atoms with Crippen LogP contribution in [0.15, 0.2) is 47.3 Å². The van der Waals surface area contributed by atoms with Crippen LogP contribution in [0.25, 0.3) is 21.6 Å². The van der Waals surface area contributed by atoms with Gasteiger partial charge >= 0.3 is 0 Å². The third-order valence-electron chi connectivity index (χ3n) is 6.25. The number of ether oxygens (including phenoxy) is 2.